The maximum atomic E-state index is 12.5. The molecule has 1 aromatic rings. The standard InChI is InChI=1S/C15H24N2O10P2/c1-7(2)29(23,24)27-12-11(8-6-9(8)28(20,21)22)26-14(13(12)25-3)17-5-4-10(18)16-15(17)19/h4-5,7-9,11-14H,6H2,1-3H3,(H,23,24)(H,16,18,19)(H2,20,21,22). The van der Waals surface area contributed by atoms with E-state index < -0.39 is 68.2 Å². The van der Waals surface area contributed by atoms with Crippen molar-refractivity contribution < 1.29 is 37.8 Å². The lowest BCUT2D eigenvalue weighted by Crippen LogP contribution is -2.40. The van der Waals surface area contributed by atoms with E-state index in [0.29, 0.717) is 0 Å². The molecule has 0 aromatic carbocycles. The van der Waals surface area contributed by atoms with Crippen LogP contribution in [0.4, 0.5) is 0 Å². The Bertz CT molecular complexity index is 968. The van der Waals surface area contributed by atoms with Gasteiger partial charge in [0.05, 0.1) is 17.4 Å². The smallest absolute Gasteiger partial charge is 0.331 e. The summed E-state index contributed by atoms with van der Waals surface area (Å²) < 4.78 is 41.9. The molecule has 4 N–H and O–H groups in total. The molecule has 14 heteroatoms. The number of nitrogens with one attached hydrogen (secondary N) is 1. The van der Waals surface area contributed by atoms with Gasteiger partial charge in [0.1, 0.15) is 12.2 Å². The highest BCUT2D eigenvalue weighted by Gasteiger charge is 2.62. The monoisotopic (exact) mass is 454 g/mol. The molecule has 1 aromatic heterocycles. The number of hydrogen-bond acceptors (Lipinski definition) is 7. The number of H-pyrrole nitrogens is 1. The van der Waals surface area contributed by atoms with E-state index in [9.17, 15) is 33.4 Å². The summed E-state index contributed by atoms with van der Waals surface area (Å²) in [5.41, 5.74) is -3.13. The number of aromatic nitrogens is 2. The zero-order valence-electron chi connectivity index (χ0n) is 15.9. The summed E-state index contributed by atoms with van der Waals surface area (Å²) in [6, 6.07) is 1.10. The Morgan fingerprint density at radius 1 is 1.24 bits per heavy atom. The van der Waals surface area contributed by atoms with Gasteiger partial charge < -0.3 is 24.2 Å². The summed E-state index contributed by atoms with van der Waals surface area (Å²) in [4.78, 5) is 54.8. The second-order valence-corrected chi connectivity index (χ2v) is 11.7. The third-order valence-corrected chi connectivity index (χ3v) is 8.52. The van der Waals surface area contributed by atoms with Crippen LogP contribution in [0.25, 0.3) is 0 Å². The number of methoxy groups -OCH3 is 1. The quantitative estimate of drug-likeness (QED) is 0.410. The fraction of sp³-hybridized carbons (Fsp3) is 0.733. The first-order chi connectivity index (χ1) is 13.4. The van der Waals surface area contributed by atoms with E-state index in [1.807, 2.05) is 0 Å². The third-order valence-electron chi connectivity index (χ3n) is 5.21. The Morgan fingerprint density at radius 2 is 1.90 bits per heavy atom. The first kappa shape index (κ1) is 22.6. The third kappa shape index (κ3) is 4.50. The minimum absolute atomic E-state index is 0.135. The second-order valence-electron chi connectivity index (χ2n) is 7.49. The lowest BCUT2D eigenvalue weighted by Gasteiger charge is -2.27. The summed E-state index contributed by atoms with van der Waals surface area (Å²) in [6.45, 7) is 2.99. The van der Waals surface area contributed by atoms with Crippen LogP contribution >= 0.6 is 15.2 Å². The molecule has 2 fully saturated rings. The molecule has 2 aliphatic rings. The molecular formula is C15H24N2O10P2. The second kappa shape index (κ2) is 7.86. The van der Waals surface area contributed by atoms with Gasteiger partial charge in [-0.15, -0.1) is 0 Å². The minimum atomic E-state index is -4.39. The zero-order chi connectivity index (χ0) is 21.7. The van der Waals surface area contributed by atoms with E-state index in [0.717, 1.165) is 10.6 Å². The van der Waals surface area contributed by atoms with E-state index in [1.54, 1.807) is 0 Å². The molecule has 0 bridgehead atoms. The first-order valence-electron chi connectivity index (χ1n) is 8.92. The van der Waals surface area contributed by atoms with Crippen molar-refractivity contribution in [2.45, 2.75) is 56.1 Å². The van der Waals surface area contributed by atoms with E-state index in [2.05, 4.69) is 4.98 Å². The Kier molecular flexibility index (Phi) is 6.12. The van der Waals surface area contributed by atoms with E-state index >= 15 is 0 Å². The van der Waals surface area contributed by atoms with Gasteiger partial charge in [-0.05, 0) is 6.42 Å². The molecule has 1 saturated heterocycles. The van der Waals surface area contributed by atoms with E-state index in [1.165, 1.54) is 27.2 Å². The predicted molar refractivity (Wildman–Crippen MR) is 99.8 cm³/mol. The Hall–Kier alpha value is -1.10. The molecule has 12 nitrogen and oxygen atoms in total. The van der Waals surface area contributed by atoms with E-state index in [4.69, 9.17) is 14.0 Å². The van der Waals surface area contributed by atoms with Crippen LogP contribution in [0.3, 0.4) is 0 Å². The summed E-state index contributed by atoms with van der Waals surface area (Å²) in [5.74, 6) is -0.644. The average molecular weight is 454 g/mol. The number of aromatic amines is 1. The van der Waals surface area contributed by atoms with Crippen LogP contribution in [-0.4, -0.2) is 61.0 Å². The topological polar surface area (TPSA) is 177 Å². The van der Waals surface area contributed by atoms with Gasteiger partial charge in [-0.2, -0.15) is 0 Å². The summed E-state index contributed by atoms with van der Waals surface area (Å²) >= 11 is 0. The molecule has 0 amide bonds. The molecule has 1 saturated carbocycles. The Morgan fingerprint density at radius 3 is 2.38 bits per heavy atom. The van der Waals surface area contributed by atoms with Gasteiger partial charge in [0.15, 0.2) is 6.23 Å². The molecule has 1 aliphatic heterocycles. The highest BCUT2D eigenvalue weighted by molar-refractivity contribution is 7.53. The van der Waals surface area contributed by atoms with Gasteiger partial charge in [-0.1, -0.05) is 13.8 Å². The van der Waals surface area contributed by atoms with Gasteiger partial charge in [-0.3, -0.25) is 28.0 Å². The van der Waals surface area contributed by atoms with Gasteiger partial charge in [-0.25, -0.2) is 4.79 Å². The maximum Gasteiger partial charge on any atom is 0.331 e. The van der Waals surface area contributed by atoms with Crippen molar-refractivity contribution in [2.75, 3.05) is 7.11 Å². The van der Waals surface area contributed by atoms with Gasteiger partial charge in [0, 0.05) is 25.3 Å². The van der Waals surface area contributed by atoms with Crippen LogP contribution in [0.2, 0.25) is 0 Å². The van der Waals surface area contributed by atoms with Crippen LogP contribution in [0.15, 0.2) is 21.9 Å². The SMILES string of the molecule is COC1C(OP(=O)(O)C(C)C)C(C2CC2P(=O)(O)O)OC1n1ccc(=O)[nH]c1=O. The van der Waals surface area contributed by atoms with Gasteiger partial charge >= 0.3 is 20.9 Å². The molecule has 164 valence electrons. The van der Waals surface area contributed by atoms with Crippen LogP contribution in [0.5, 0.6) is 0 Å². The fourth-order valence-electron chi connectivity index (χ4n) is 3.47. The summed E-state index contributed by atoms with van der Waals surface area (Å²) in [7, 11) is -7.21. The molecule has 2 heterocycles. The lowest BCUT2D eigenvalue weighted by molar-refractivity contribution is -0.0571. The molecule has 7 unspecified atom stereocenters. The molecule has 1 aliphatic carbocycles. The number of rotatable bonds is 7. The molecular weight excluding hydrogens is 430 g/mol. The van der Waals surface area contributed by atoms with Gasteiger partial charge in [0.25, 0.3) is 5.56 Å². The van der Waals surface area contributed by atoms with Gasteiger partial charge in [0.2, 0.25) is 0 Å². The van der Waals surface area contributed by atoms with Crippen LogP contribution in [-0.2, 0) is 23.1 Å². The fourth-order valence-corrected chi connectivity index (χ4v) is 5.49. The van der Waals surface area contributed by atoms with Crippen molar-refractivity contribution in [3.05, 3.63) is 33.1 Å². The van der Waals surface area contributed by atoms with Crippen molar-refractivity contribution >= 4 is 15.2 Å². The van der Waals surface area contributed by atoms with Crippen molar-refractivity contribution in [3.63, 3.8) is 0 Å². The highest BCUT2D eigenvalue weighted by atomic mass is 31.2. The molecule has 0 spiro atoms. The van der Waals surface area contributed by atoms with Crippen LogP contribution in [0.1, 0.15) is 26.5 Å². The van der Waals surface area contributed by atoms with Crippen LogP contribution < -0.4 is 11.2 Å². The average Bonchev–Trinajstić information content (AvgIpc) is 3.32. The minimum Gasteiger partial charge on any atom is -0.374 e. The zero-order valence-corrected chi connectivity index (χ0v) is 17.7. The molecule has 3 rings (SSSR count). The number of nitrogens with zero attached hydrogens (tertiary/aromatic N) is 1. The summed E-state index contributed by atoms with van der Waals surface area (Å²) in [5, 5.41) is 0. The van der Waals surface area contributed by atoms with Crippen LogP contribution in [0, 0.1) is 5.92 Å². The predicted octanol–water partition coefficient (Wildman–Crippen LogP) is -0.00580. The largest absolute Gasteiger partial charge is 0.374 e. The molecule has 7 atom stereocenters. The first-order valence-corrected chi connectivity index (χ1v) is 12.3. The Balaban J connectivity index is 1.99. The summed E-state index contributed by atoms with van der Waals surface area (Å²) in [6.07, 6.45) is -3.02. The number of hydrogen-bond donors (Lipinski definition) is 4. The lowest BCUT2D eigenvalue weighted by atomic mass is 10.1. The van der Waals surface area contributed by atoms with Crippen molar-refractivity contribution in [1.29, 1.82) is 0 Å². The van der Waals surface area contributed by atoms with Crippen molar-refractivity contribution in [1.82, 2.24) is 9.55 Å². The highest BCUT2D eigenvalue weighted by Crippen LogP contribution is 2.63. The normalized spacial score (nSPS) is 34.3. The molecule has 0 radical (unpaired) electrons. The maximum absolute atomic E-state index is 12.5. The van der Waals surface area contributed by atoms with Crippen molar-refractivity contribution in [3.8, 4) is 0 Å². The van der Waals surface area contributed by atoms with Crippen molar-refractivity contribution in [2.24, 2.45) is 5.92 Å². The molecule has 29 heavy (non-hydrogen) atoms. The Labute approximate surface area is 165 Å². The number of ether oxygens (including phenoxy) is 2. The van der Waals surface area contributed by atoms with E-state index in [-0.39, 0.29) is 6.42 Å².